The quantitative estimate of drug-likeness (QED) is 0.502. The molecule has 1 aromatic heterocycles. The Bertz CT molecular complexity index is 435. The maximum atomic E-state index is 5.49. The van der Waals surface area contributed by atoms with Crippen molar-refractivity contribution in [2.45, 2.75) is 39.2 Å². The third-order valence-corrected chi connectivity index (χ3v) is 3.24. The van der Waals surface area contributed by atoms with E-state index in [9.17, 15) is 0 Å². The van der Waals surface area contributed by atoms with Crippen LogP contribution in [0, 0.1) is 0 Å². The molecule has 0 unspecified atom stereocenters. The van der Waals surface area contributed by atoms with Crippen LogP contribution in [-0.4, -0.2) is 52.1 Å². The molecular formula is C13H25N7O. The molecule has 0 bridgehead atoms. The lowest BCUT2D eigenvalue weighted by Gasteiger charge is -2.26. The molecule has 1 aliphatic heterocycles. The first-order chi connectivity index (χ1) is 10.2. The van der Waals surface area contributed by atoms with Gasteiger partial charge in [0.15, 0.2) is 0 Å². The lowest BCUT2D eigenvalue weighted by molar-refractivity contribution is 0.222. The van der Waals surface area contributed by atoms with E-state index < -0.39 is 0 Å². The SMILES string of the molecule is CC(C)Oc1nc(NN)nc(NCCN2CCCCC2)n1. The van der Waals surface area contributed by atoms with Gasteiger partial charge in [0.2, 0.25) is 11.9 Å². The summed E-state index contributed by atoms with van der Waals surface area (Å²) in [7, 11) is 0. The molecule has 118 valence electrons. The third kappa shape index (κ3) is 5.31. The monoisotopic (exact) mass is 295 g/mol. The number of piperidine rings is 1. The van der Waals surface area contributed by atoms with E-state index in [2.05, 4.69) is 30.6 Å². The summed E-state index contributed by atoms with van der Waals surface area (Å²) in [5.74, 6) is 6.14. The Labute approximate surface area is 125 Å². The third-order valence-electron chi connectivity index (χ3n) is 3.24. The Morgan fingerprint density at radius 3 is 2.52 bits per heavy atom. The molecule has 2 heterocycles. The van der Waals surface area contributed by atoms with Crippen molar-refractivity contribution >= 4 is 11.9 Å². The Morgan fingerprint density at radius 2 is 1.86 bits per heavy atom. The summed E-state index contributed by atoms with van der Waals surface area (Å²) >= 11 is 0. The van der Waals surface area contributed by atoms with Crippen molar-refractivity contribution in [2.75, 3.05) is 36.9 Å². The second kappa shape index (κ2) is 7.94. The average Bonchev–Trinajstić information content (AvgIpc) is 2.47. The van der Waals surface area contributed by atoms with Crippen LogP contribution in [-0.2, 0) is 0 Å². The number of hydrogen-bond donors (Lipinski definition) is 3. The summed E-state index contributed by atoms with van der Waals surface area (Å²) in [5, 5.41) is 3.20. The number of hydrazine groups is 1. The molecular weight excluding hydrogens is 270 g/mol. The number of anilines is 2. The molecule has 4 N–H and O–H groups in total. The number of likely N-dealkylation sites (tertiary alicyclic amines) is 1. The molecule has 1 aromatic rings. The molecule has 8 heteroatoms. The van der Waals surface area contributed by atoms with Gasteiger partial charge in [0.1, 0.15) is 0 Å². The molecule has 0 atom stereocenters. The second-order valence-electron chi connectivity index (χ2n) is 5.41. The van der Waals surface area contributed by atoms with Crippen LogP contribution in [0.3, 0.4) is 0 Å². The Hall–Kier alpha value is -1.67. The van der Waals surface area contributed by atoms with Crippen LogP contribution >= 0.6 is 0 Å². The van der Waals surface area contributed by atoms with Crippen molar-refractivity contribution in [3.05, 3.63) is 0 Å². The number of nitrogens with one attached hydrogen (secondary N) is 2. The number of rotatable bonds is 7. The number of hydrogen-bond acceptors (Lipinski definition) is 8. The van der Waals surface area contributed by atoms with Crippen molar-refractivity contribution in [2.24, 2.45) is 5.84 Å². The summed E-state index contributed by atoms with van der Waals surface area (Å²) in [6.07, 6.45) is 3.93. The zero-order valence-electron chi connectivity index (χ0n) is 12.8. The zero-order chi connectivity index (χ0) is 15.1. The first kappa shape index (κ1) is 15.7. The van der Waals surface area contributed by atoms with E-state index >= 15 is 0 Å². The second-order valence-corrected chi connectivity index (χ2v) is 5.41. The van der Waals surface area contributed by atoms with Crippen LogP contribution in [0.15, 0.2) is 0 Å². The van der Waals surface area contributed by atoms with Gasteiger partial charge in [-0.05, 0) is 39.8 Å². The highest BCUT2D eigenvalue weighted by atomic mass is 16.5. The largest absolute Gasteiger partial charge is 0.461 e. The number of nitrogens with two attached hydrogens (primary N) is 1. The smallest absolute Gasteiger partial charge is 0.323 e. The predicted molar refractivity (Wildman–Crippen MR) is 82.2 cm³/mol. The highest BCUT2D eigenvalue weighted by Crippen LogP contribution is 2.12. The van der Waals surface area contributed by atoms with E-state index in [1.165, 1.54) is 32.4 Å². The van der Waals surface area contributed by atoms with E-state index in [0.717, 1.165) is 13.1 Å². The number of nitrogen functional groups attached to an aromatic ring is 1. The molecule has 0 saturated carbocycles. The average molecular weight is 295 g/mol. The van der Waals surface area contributed by atoms with E-state index in [1.807, 2.05) is 13.8 Å². The molecule has 0 radical (unpaired) electrons. The van der Waals surface area contributed by atoms with Crippen LogP contribution in [0.4, 0.5) is 11.9 Å². The fraction of sp³-hybridized carbons (Fsp3) is 0.769. The molecule has 1 aliphatic rings. The van der Waals surface area contributed by atoms with Gasteiger partial charge < -0.3 is 15.0 Å². The Kier molecular flexibility index (Phi) is 5.94. The van der Waals surface area contributed by atoms with E-state index in [-0.39, 0.29) is 12.1 Å². The summed E-state index contributed by atoms with van der Waals surface area (Å²) in [6.45, 7) is 7.96. The molecule has 0 aliphatic carbocycles. The molecule has 8 nitrogen and oxygen atoms in total. The standard InChI is InChI=1S/C13H25N7O/c1-10(2)21-13-17-11(16-12(18-13)19-14)15-6-9-20-7-4-3-5-8-20/h10H,3-9,14H2,1-2H3,(H2,15,16,17,18,19). The maximum Gasteiger partial charge on any atom is 0.323 e. The highest BCUT2D eigenvalue weighted by molar-refractivity contribution is 5.34. The summed E-state index contributed by atoms with van der Waals surface area (Å²) in [4.78, 5) is 14.9. The number of nitrogens with zero attached hydrogens (tertiary/aromatic N) is 4. The van der Waals surface area contributed by atoms with Gasteiger partial charge >= 0.3 is 6.01 Å². The van der Waals surface area contributed by atoms with Crippen LogP contribution < -0.4 is 21.3 Å². The molecule has 1 saturated heterocycles. The lowest BCUT2D eigenvalue weighted by atomic mass is 10.1. The number of ether oxygens (including phenoxy) is 1. The number of aromatic nitrogens is 3. The molecule has 21 heavy (non-hydrogen) atoms. The van der Waals surface area contributed by atoms with Gasteiger partial charge in [-0.15, -0.1) is 0 Å². The van der Waals surface area contributed by atoms with Crippen molar-refractivity contribution < 1.29 is 4.74 Å². The normalized spacial score (nSPS) is 16.0. The molecule has 1 fully saturated rings. The van der Waals surface area contributed by atoms with Gasteiger partial charge in [0, 0.05) is 13.1 Å². The van der Waals surface area contributed by atoms with Crippen molar-refractivity contribution in [1.29, 1.82) is 0 Å². The first-order valence-electron chi connectivity index (χ1n) is 7.53. The van der Waals surface area contributed by atoms with Gasteiger partial charge in [-0.2, -0.15) is 15.0 Å². The Balaban J connectivity index is 1.88. The summed E-state index contributed by atoms with van der Waals surface area (Å²) in [5.41, 5.74) is 2.43. The molecule has 0 amide bonds. The van der Waals surface area contributed by atoms with Gasteiger partial charge in [0.25, 0.3) is 0 Å². The van der Waals surface area contributed by atoms with Crippen molar-refractivity contribution in [3.63, 3.8) is 0 Å². The van der Waals surface area contributed by atoms with Crippen LogP contribution in [0.5, 0.6) is 6.01 Å². The first-order valence-corrected chi connectivity index (χ1v) is 7.53. The maximum absolute atomic E-state index is 5.49. The van der Waals surface area contributed by atoms with Crippen LogP contribution in [0.25, 0.3) is 0 Å². The van der Waals surface area contributed by atoms with Crippen molar-refractivity contribution in [1.82, 2.24) is 19.9 Å². The van der Waals surface area contributed by atoms with E-state index in [1.54, 1.807) is 0 Å². The fourth-order valence-corrected chi connectivity index (χ4v) is 2.27. The zero-order valence-corrected chi connectivity index (χ0v) is 12.8. The van der Waals surface area contributed by atoms with Gasteiger partial charge in [-0.25, -0.2) is 5.84 Å². The minimum Gasteiger partial charge on any atom is -0.461 e. The minimum atomic E-state index is -0.000718. The minimum absolute atomic E-state index is 0.000718. The van der Waals surface area contributed by atoms with E-state index in [0.29, 0.717) is 11.9 Å². The van der Waals surface area contributed by atoms with Gasteiger partial charge in [-0.3, -0.25) is 5.43 Å². The summed E-state index contributed by atoms with van der Waals surface area (Å²) in [6, 6.07) is 0.272. The molecule has 2 rings (SSSR count). The van der Waals surface area contributed by atoms with Gasteiger partial charge in [0.05, 0.1) is 6.10 Å². The topological polar surface area (TPSA) is 101 Å². The van der Waals surface area contributed by atoms with Crippen LogP contribution in [0.2, 0.25) is 0 Å². The predicted octanol–water partition coefficient (Wildman–Crippen LogP) is 0.842. The summed E-state index contributed by atoms with van der Waals surface area (Å²) < 4.78 is 5.49. The molecule has 0 spiro atoms. The Morgan fingerprint density at radius 1 is 1.14 bits per heavy atom. The van der Waals surface area contributed by atoms with Crippen molar-refractivity contribution in [3.8, 4) is 6.01 Å². The van der Waals surface area contributed by atoms with Gasteiger partial charge in [-0.1, -0.05) is 6.42 Å². The van der Waals surface area contributed by atoms with E-state index in [4.69, 9.17) is 10.6 Å². The highest BCUT2D eigenvalue weighted by Gasteiger charge is 2.11. The van der Waals surface area contributed by atoms with Crippen LogP contribution in [0.1, 0.15) is 33.1 Å². The lowest BCUT2D eigenvalue weighted by Crippen LogP contribution is -2.34. The molecule has 0 aromatic carbocycles. The fourth-order valence-electron chi connectivity index (χ4n) is 2.27.